The minimum atomic E-state index is -0.322. The number of imidazole rings is 1. The molecule has 0 unspecified atom stereocenters. The highest BCUT2D eigenvalue weighted by Crippen LogP contribution is 2.24. The highest BCUT2D eigenvalue weighted by molar-refractivity contribution is 7.18. The normalized spacial score (nSPS) is 10.8. The first kappa shape index (κ1) is 16.2. The number of nitrogens with zero attached hydrogens (tertiary/aromatic N) is 5. The number of pyridine rings is 2. The van der Waals surface area contributed by atoms with E-state index in [1.54, 1.807) is 6.20 Å². The number of urea groups is 1. The molecule has 2 amide bonds. The van der Waals surface area contributed by atoms with E-state index in [2.05, 4.69) is 30.8 Å². The van der Waals surface area contributed by atoms with Crippen LogP contribution in [-0.4, -0.2) is 37.1 Å². The van der Waals surface area contributed by atoms with Gasteiger partial charge in [-0.05, 0) is 24.3 Å². The van der Waals surface area contributed by atoms with Crippen LogP contribution < -0.4 is 10.6 Å². The molecule has 0 radical (unpaired) electrons. The number of nitrogens with one attached hydrogen (secondary N) is 2. The Balaban J connectivity index is 1.29. The first-order chi connectivity index (χ1) is 12.8. The van der Waals surface area contributed by atoms with Gasteiger partial charge >= 0.3 is 6.03 Å². The molecule has 2 N–H and O–H groups in total. The lowest BCUT2D eigenvalue weighted by Gasteiger charge is -2.03. The summed E-state index contributed by atoms with van der Waals surface area (Å²) in [5, 5.41) is 14.6. The maximum Gasteiger partial charge on any atom is 0.321 e. The molecule has 4 aromatic heterocycles. The first-order valence-electron chi connectivity index (χ1n) is 8.00. The number of hydrogen-bond acceptors (Lipinski definition) is 6. The van der Waals surface area contributed by atoms with Crippen LogP contribution in [0.5, 0.6) is 0 Å². The van der Waals surface area contributed by atoms with E-state index in [-0.39, 0.29) is 6.03 Å². The van der Waals surface area contributed by atoms with Gasteiger partial charge in [-0.15, -0.1) is 10.2 Å². The number of anilines is 1. The Morgan fingerprint density at radius 1 is 1.15 bits per heavy atom. The molecule has 9 heteroatoms. The maximum atomic E-state index is 12.0. The average Bonchev–Trinajstić information content (AvgIpc) is 3.29. The number of amides is 2. The van der Waals surface area contributed by atoms with Crippen LogP contribution in [0.25, 0.3) is 16.3 Å². The Hall–Kier alpha value is -3.33. The van der Waals surface area contributed by atoms with E-state index in [0.717, 1.165) is 17.0 Å². The summed E-state index contributed by atoms with van der Waals surface area (Å²) in [5.41, 5.74) is 2.54. The third kappa shape index (κ3) is 3.67. The van der Waals surface area contributed by atoms with Crippen molar-refractivity contribution in [3.05, 3.63) is 60.7 Å². The number of hydrogen-bond donors (Lipinski definition) is 2. The molecule has 130 valence electrons. The Kier molecular flexibility index (Phi) is 4.52. The topological polar surface area (TPSA) is 97.1 Å². The van der Waals surface area contributed by atoms with E-state index < -0.39 is 0 Å². The van der Waals surface area contributed by atoms with Gasteiger partial charge in [0.05, 0.1) is 5.69 Å². The van der Waals surface area contributed by atoms with Gasteiger partial charge in [0.2, 0.25) is 5.13 Å². The molecule has 4 heterocycles. The van der Waals surface area contributed by atoms with Gasteiger partial charge in [0, 0.05) is 31.6 Å². The standard InChI is InChI=1S/C17H15N7OS/c25-16(19-9-7-12-11-24-10-4-2-6-14(24)20-12)21-17-23-22-15(26-17)13-5-1-3-8-18-13/h1-6,8,10-11H,7,9H2,(H2,19,21,23,25). The summed E-state index contributed by atoms with van der Waals surface area (Å²) in [6.45, 7) is 0.474. The molecule has 4 aromatic rings. The zero-order chi connectivity index (χ0) is 17.8. The molecule has 0 fully saturated rings. The van der Waals surface area contributed by atoms with Crippen LogP contribution in [-0.2, 0) is 6.42 Å². The van der Waals surface area contributed by atoms with Gasteiger partial charge in [0.15, 0.2) is 5.01 Å². The Morgan fingerprint density at radius 2 is 2.08 bits per heavy atom. The third-order valence-electron chi connectivity index (χ3n) is 3.61. The molecule has 0 aliphatic rings. The van der Waals surface area contributed by atoms with Crippen molar-refractivity contribution in [3.63, 3.8) is 0 Å². The lowest BCUT2D eigenvalue weighted by molar-refractivity contribution is 0.252. The summed E-state index contributed by atoms with van der Waals surface area (Å²) in [6.07, 6.45) is 6.24. The summed E-state index contributed by atoms with van der Waals surface area (Å²) < 4.78 is 1.95. The smallest absolute Gasteiger partial charge is 0.321 e. The van der Waals surface area contributed by atoms with Crippen LogP contribution in [0.2, 0.25) is 0 Å². The largest absolute Gasteiger partial charge is 0.337 e. The summed E-state index contributed by atoms with van der Waals surface area (Å²) >= 11 is 1.27. The fourth-order valence-corrected chi connectivity index (χ4v) is 3.14. The molecule has 0 saturated heterocycles. The Morgan fingerprint density at radius 3 is 2.92 bits per heavy atom. The molecule has 26 heavy (non-hydrogen) atoms. The SMILES string of the molecule is O=C(NCCc1cn2ccccc2n1)Nc1nnc(-c2ccccn2)s1. The minimum absolute atomic E-state index is 0.322. The summed E-state index contributed by atoms with van der Waals surface area (Å²) in [5.74, 6) is 0. The minimum Gasteiger partial charge on any atom is -0.337 e. The number of carbonyl (C=O) groups excluding carboxylic acids is 1. The van der Waals surface area contributed by atoms with Crippen LogP contribution in [0.1, 0.15) is 5.69 Å². The van der Waals surface area contributed by atoms with Crippen molar-refractivity contribution >= 4 is 28.1 Å². The van der Waals surface area contributed by atoms with Crippen molar-refractivity contribution in [3.8, 4) is 10.7 Å². The summed E-state index contributed by atoms with van der Waals surface area (Å²) in [6, 6.07) is 11.1. The lowest BCUT2D eigenvalue weighted by atomic mass is 10.3. The monoisotopic (exact) mass is 365 g/mol. The van der Waals surface area contributed by atoms with Crippen LogP contribution in [0.3, 0.4) is 0 Å². The molecule has 0 aliphatic carbocycles. The van der Waals surface area contributed by atoms with Crippen LogP contribution >= 0.6 is 11.3 Å². The van der Waals surface area contributed by atoms with Crippen LogP contribution in [0.15, 0.2) is 55.0 Å². The summed E-state index contributed by atoms with van der Waals surface area (Å²) in [4.78, 5) is 20.7. The molecular formula is C17H15N7OS. The zero-order valence-electron chi connectivity index (χ0n) is 13.7. The van der Waals surface area contributed by atoms with E-state index >= 15 is 0 Å². The van der Waals surface area contributed by atoms with Gasteiger partial charge in [-0.2, -0.15) is 0 Å². The van der Waals surface area contributed by atoms with E-state index in [1.807, 2.05) is 53.2 Å². The Bertz CT molecular complexity index is 995. The van der Waals surface area contributed by atoms with Gasteiger partial charge in [-0.3, -0.25) is 10.3 Å². The molecule has 4 rings (SSSR count). The number of aromatic nitrogens is 5. The van der Waals surface area contributed by atoms with Gasteiger partial charge in [-0.1, -0.05) is 23.5 Å². The quantitative estimate of drug-likeness (QED) is 0.567. The highest BCUT2D eigenvalue weighted by atomic mass is 32.1. The highest BCUT2D eigenvalue weighted by Gasteiger charge is 2.10. The second-order valence-electron chi connectivity index (χ2n) is 5.46. The predicted octanol–water partition coefficient (Wildman–Crippen LogP) is 2.61. The molecular weight excluding hydrogens is 350 g/mol. The van der Waals surface area contributed by atoms with Gasteiger partial charge in [0.1, 0.15) is 11.3 Å². The molecule has 0 bridgehead atoms. The third-order valence-corrected chi connectivity index (χ3v) is 4.47. The second-order valence-corrected chi connectivity index (χ2v) is 6.43. The van der Waals surface area contributed by atoms with Crippen molar-refractivity contribution < 1.29 is 4.79 Å². The van der Waals surface area contributed by atoms with Crippen molar-refractivity contribution in [1.29, 1.82) is 0 Å². The maximum absolute atomic E-state index is 12.0. The number of carbonyl (C=O) groups is 1. The molecule has 0 atom stereocenters. The van der Waals surface area contributed by atoms with Gasteiger partial charge < -0.3 is 9.72 Å². The molecule has 0 aliphatic heterocycles. The van der Waals surface area contributed by atoms with E-state index in [9.17, 15) is 4.79 Å². The number of fused-ring (bicyclic) bond motifs is 1. The van der Waals surface area contributed by atoms with Crippen molar-refractivity contribution in [1.82, 2.24) is 29.9 Å². The molecule has 8 nitrogen and oxygen atoms in total. The molecule has 0 spiro atoms. The van der Waals surface area contributed by atoms with Crippen molar-refractivity contribution in [2.24, 2.45) is 0 Å². The van der Waals surface area contributed by atoms with E-state index in [4.69, 9.17) is 0 Å². The van der Waals surface area contributed by atoms with Crippen LogP contribution in [0.4, 0.5) is 9.93 Å². The first-order valence-corrected chi connectivity index (χ1v) is 8.82. The van der Waals surface area contributed by atoms with Crippen molar-refractivity contribution in [2.45, 2.75) is 6.42 Å². The van der Waals surface area contributed by atoms with Crippen LogP contribution in [0, 0.1) is 0 Å². The van der Waals surface area contributed by atoms with Gasteiger partial charge in [0.25, 0.3) is 0 Å². The average molecular weight is 365 g/mol. The van der Waals surface area contributed by atoms with E-state index in [0.29, 0.717) is 23.1 Å². The van der Waals surface area contributed by atoms with Crippen molar-refractivity contribution in [2.75, 3.05) is 11.9 Å². The lowest BCUT2D eigenvalue weighted by Crippen LogP contribution is -2.30. The second kappa shape index (κ2) is 7.28. The molecule has 0 aromatic carbocycles. The fourth-order valence-electron chi connectivity index (χ4n) is 2.42. The zero-order valence-corrected chi connectivity index (χ0v) is 14.5. The Labute approximate surface area is 153 Å². The predicted molar refractivity (Wildman–Crippen MR) is 99.1 cm³/mol. The summed E-state index contributed by atoms with van der Waals surface area (Å²) in [7, 11) is 0. The molecule has 0 saturated carbocycles. The van der Waals surface area contributed by atoms with Gasteiger partial charge in [-0.25, -0.2) is 9.78 Å². The van der Waals surface area contributed by atoms with E-state index in [1.165, 1.54) is 11.3 Å². The number of rotatable bonds is 5. The fraction of sp³-hybridized carbons (Fsp3) is 0.118.